The van der Waals surface area contributed by atoms with Crippen molar-refractivity contribution in [3.05, 3.63) is 30.1 Å². The average Bonchev–Trinajstić information content (AvgIpc) is 2.46. The Morgan fingerprint density at radius 2 is 2.25 bits per heavy atom. The van der Waals surface area contributed by atoms with Crippen LogP contribution in [0.25, 0.3) is 0 Å². The molecule has 1 unspecified atom stereocenters. The van der Waals surface area contributed by atoms with E-state index in [1.165, 1.54) is 4.31 Å². The number of aromatic nitrogens is 1. The summed E-state index contributed by atoms with van der Waals surface area (Å²) in [6, 6.07) is 5.17. The summed E-state index contributed by atoms with van der Waals surface area (Å²) < 4.78 is 26.4. The number of aryl methyl sites for hydroxylation is 1. The minimum absolute atomic E-state index is 0.0448. The first-order chi connectivity index (χ1) is 9.50. The molecule has 2 rings (SSSR count). The Kier molecular flexibility index (Phi) is 5.06. The number of thiocarbonyl (C=S) groups is 1. The van der Waals surface area contributed by atoms with Crippen LogP contribution in [-0.4, -0.2) is 41.0 Å². The molecule has 2 heterocycles. The van der Waals surface area contributed by atoms with Crippen molar-refractivity contribution in [1.29, 1.82) is 0 Å². The molecule has 1 aromatic rings. The van der Waals surface area contributed by atoms with Crippen LogP contribution in [0.1, 0.15) is 25.0 Å². The van der Waals surface area contributed by atoms with E-state index in [0.29, 0.717) is 13.0 Å². The van der Waals surface area contributed by atoms with Gasteiger partial charge in [-0.2, -0.15) is 4.31 Å². The molecule has 1 atom stereocenters. The summed E-state index contributed by atoms with van der Waals surface area (Å²) >= 11 is 5.00. The molecule has 0 saturated carbocycles. The van der Waals surface area contributed by atoms with E-state index in [2.05, 4.69) is 4.98 Å². The first-order valence-electron chi connectivity index (χ1n) is 6.69. The van der Waals surface area contributed by atoms with Gasteiger partial charge >= 0.3 is 0 Å². The number of nitrogens with zero attached hydrogens (tertiary/aromatic N) is 2. The molecule has 1 aliphatic rings. The van der Waals surface area contributed by atoms with Gasteiger partial charge in [-0.1, -0.05) is 24.7 Å². The number of sulfonamides is 1. The van der Waals surface area contributed by atoms with Crippen LogP contribution in [0.4, 0.5) is 0 Å². The molecular weight excluding hydrogens is 294 g/mol. The molecule has 110 valence electrons. The minimum atomic E-state index is -3.35. The van der Waals surface area contributed by atoms with Gasteiger partial charge in [0, 0.05) is 24.9 Å². The Bertz CT molecular complexity index is 560. The maximum absolute atomic E-state index is 12.5. The lowest BCUT2D eigenvalue weighted by molar-refractivity contribution is 0.306. The zero-order valence-corrected chi connectivity index (χ0v) is 12.9. The lowest BCUT2D eigenvalue weighted by Crippen LogP contribution is -2.50. The quantitative estimate of drug-likeness (QED) is 0.824. The highest BCUT2D eigenvalue weighted by Gasteiger charge is 2.33. The van der Waals surface area contributed by atoms with Crippen LogP contribution in [-0.2, 0) is 16.4 Å². The maximum atomic E-state index is 12.5. The predicted octanol–water partition coefficient (Wildman–Crippen LogP) is 1.09. The summed E-state index contributed by atoms with van der Waals surface area (Å²) in [7, 11) is -3.35. The standard InChI is InChI=1S/C13H19N3O2S2/c14-13(19)12-6-2-4-9-16(12)20(17,18)10-7-11-5-1-3-8-15-11/h1,3,5,8,12H,2,4,6-7,9-10H2,(H2,14,19). The molecule has 0 amide bonds. The molecule has 20 heavy (non-hydrogen) atoms. The van der Waals surface area contributed by atoms with Crippen LogP contribution < -0.4 is 5.73 Å². The second-order valence-electron chi connectivity index (χ2n) is 4.91. The van der Waals surface area contributed by atoms with Crippen molar-refractivity contribution in [1.82, 2.24) is 9.29 Å². The fraction of sp³-hybridized carbons (Fsp3) is 0.538. The SMILES string of the molecule is NC(=S)C1CCCCN1S(=O)(=O)CCc1ccccn1. The Morgan fingerprint density at radius 1 is 1.45 bits per heavy atom. The molecule has 5 nitrogen and oxygen atoms in total. The Hall–Kier alpha value is -1.05. The Balaban J connectivity index is 2.06. The van der Waals surface area contributed by atoms with Gasteiger partial charge in [0.05, 0.1) is 16.8 Å². The summed E-state index contributed by atoms with van der Waals surface area (Å²) in [5.74, 6) is 0.0448. The normalized spacial score (nSPS) is 20.7. The van der Waals surface area contributed by atoms with Gasteiger partial charge in [-0.25, -0.2) is 8.42 Å². The third kappa shape index (κ3) is 3.74. The van der Waals surface area contributed by atoms with Crippen LogP contribution in [0.5, 0.6) is 0 Å². The van der Waals surface area contributed by atoms with E-state index < -0.39 is 10.0 Å². The van der Waals surface area contributed by atoms with Gasteiger partial charge in [0.25, 0.3) is 0 Å². The number of rotatable bonds is 5. The fourth-order valence-electron chi connectivity index (χ4n) is 2.42. The molecule has 1 aromatic heterocycles. The van der Waals surface area contributed by atoms with Crippen molar-refractivity contribution in [3.8, 4) is 0 Å². The Morgan fingerprint density at radius 3 is 2.90 bits per heavy atom. The van der Waals surface area contributed by atoms with Crippen molar-refractivity contribution in [2.45, 2.75) is 31.7 Å². The highest BCUT2D eigenvalue weighted by atomic mass is 32.2. The van der Waals surface area contributed by atoms with Crippen molar-refractivity contribution in [3.63, 3.8) is 0 Å². The van der Waals surface area contributed by atoms with E-state index in [9.17, 15) is 8.42 Å². The van der Waals surface area contributed by atoms with E-state index in [0.717, 1.165) is 25.0 Å². The second kappa shape index (κ2) is 6.60. The molecule has 0 spiro atoms. The topological polar surface area (TPSA) is 76.3 Å². The summed E-state index contributed by atoms with van der Waals surface area (Å²) in [5.41, 5.74) is 6.45. The molecule has 0 radical (unpaired) electrons. The first kappa shape index (κ1) is 15.3. The van der Waals surface area contributed by atoms with Crippen LogP contribution >= 0.6 is 12.2 Å². The number of nitrogens with two attached hydrogens (primary N) is 1. The zero-order chi connectivity index (χ0) is 14.6. The molecule has 7 heteroatoms. The van der Waals surface area contributed by atoms with Gasteiger partial charge in [-0.15, -0.1) is 0 Å². The van der Waals surface area contributed by atoms with Crippen molar-refractivity contribution in [2.75, 3.05) is 12.3 Å². The van der Waals surface area contributed by atoms with Gasteiger partial charge in [-0.05, 0) is 25.0 Å². The second-order valence-corrected chi connectivity index (χ2v) is 7.42. The molecule has 2 N–H and O–H groups in total. The Labute approximate surface area is 125 Å². The first-order valence-corrected chi connectivity index (χ1v) is 8.71. The molecule has 1 fully saturated rings. The largest absolute Gasteiger partial charge is 0.392 e. The molecule has 0 aromatic carbocycles. The highest BCUT2D eigenvalue weighted by molar-refractivity contribution is 7.89. The number of hydrogen-bond acceptors (Lipinski definition) is 4. The lowest BCUT2D eigenvalue weighted by atomic mass is 10.1. The average molecular weight is 313 g/mol. The lowest BCUT2D eigenvalue weighted by Gasteiger charge is -2.33. The number of piperidine rings is 1. The third-order valence-corrected chi connectivity index (χ3v) is 5.63. The van der Waals surface area contributed by atoms with Gasteiger partial charge in [0.1, 0.15) is 0 Å². The van der Waals surface area contributed by atoms with Crippen LogP contribution in [0.15, 0.2) is 24.4 Å². The zero-order valence-electron chi connectivity index (χ0n) is 11.2. The summed E-state index contributed by atoms with van der Waals surface area (Å²) in [4.78, 5) is 4.42. The van der Waals surface area contributed by atoms with Gasteiger partial charge in [-0.3, -0.25) is 4.98 Å². The van der Waals surface area contributed by atoms with Crippen molar-refractivity contribution in [2.24, 2.45) is 5.73 Å². The predicted molar refractivity (Wildman–Crippen MR) is 82.9 cm³/mol. The molecule has 1 aliphatic heterocycles. The summed E-state index contributed by atoms with van der Waals surface area (Å²) in [6.07, 6.45) is 4.62. The highest BCUT2D eigenvalue weighted by Crippen LogP contribution is 2.21. The molecule has 0 aliphatic carbocycles. The maximum Gasteiger partial charge on any atom is 0.215 e. The van der Waals surface area contributed by atoms with E-state index >= 15 is 0 Å². The summed E-state index contributed by atoms with van der Waals surface area (Å²) in [5, 5.41) is 0. The monoisotopic (exact) mass is 313 g/mol. The number of pyridine rings is 1. The van der Waals surface area contributed by atoms with E-state index in [-0.39, 0.29) is 16.8 Å². The van der Waals surface area contributed by atoms with E-state index in [1.807, 2.05) is 18.2 Å². The van der Waals surface area contributed by atoms with Crippen molar-refractivity contribution < 1.29 is 8.42 Å². The smallest absolute Gasteiger partial charge is 0.215 e. The van der Waals surface area contributed by atoms with Gasteiger partial charge in [0.15, 0.2) is 0 Å². The van der Waals surface area contributed by atoms with Gasteiger partial charge in [0.2, 0.25) is 10.0 Å². The fourth-order valence-corrected chi connectivity index (χ4v) is 4.45. The third-order valence-electron chi connectivity index (χ3n) is 3.48. The summed E-state index contributed by atoms with van der Waals surface area (Å²) in [6.45, 7) is 0.507. The van der Waals surface area contributed by atoms with Gasteiger partial charge < -0.3 is 5.73 Å². The van der Waals surface area contributed by atoms with Crippen LogP contribution in [0.3, 0.4) is 0 Å². The molecular formula is C13H19N3O2S2. The molecule has 0 bridgehead atoms. The van der Waals surface area contributed by atoms with Crippen molar-refractivity contribution >= 4 is 27.2 Å². The van der Waals surface area contributed by atoms with E-state index in [1.54, 1.807) is 6.20 Å². The van der Waals surface area contributed by atoms with Crippen LogP contribution in [0.2, 0.25) is 0 Å². The molecule has 1 saturated heterocycles. The number of hydrogen-bond donors (Lipinski definition) is 1. The minimum Gasteiger partial charge on any atom is -0.392 e. The van der Waals surface area contributed by atoms with Crippen LogP contribution in [0, 0.1) is 0 Å². The van der Waals surface area contributed by atoms with E-state index in [4.69, 9.17) is 18.0 Å².